The number of carbonyl (C=O) groups is 1. The van der Waals surface area contributed by atoms with Crippen LogP contribution in [0.15, 0.2) is 15.4 Å². The normalized spacial score (nSPS) is 21.6. The van der Waals surface area contributed by atoms with E-state index in [1.165, 1.54) is 6.07 Å². The molecule has 1 aliphatic rings. The molecule has 94 valence electrons. The van der Waals surface area contributed by atoms with Gasteiger partial charge in [-0.2, -0.15) is 0 Å². The third-order valence-corrected chi connectivity index (χ3v) is 2.89. The maximum Gasteiger partial charge on any atom is 0.290 e. The smallest absolute Gasteiger partial charge is 0.290 e. The second kappa shape index (κ2) is 4.85. The lowest BCUT2D eigenvalue weighted by Crippen LogP contribution is -2.46. The topological polar surface area (TPSA) is 81.5 Å². The van der Waals surface area contributed by atoms with Crippen molar-refractivity contribution in [2.24, 2.45) is 5.73 Å². The summed E-state index contributed by atoms with van der Waals surface area (Å²) >= 11 is 0. The fourth-order valence-electron chi connectivity index (χ4n) is 2.11. The van der Waals surface area contributed by atoms with Crippen LogP contribution in [-0.2, 0) is 0 Å². The van der Waals surface area contributed by atoms with Gasteiger partial charge in [0.05, 0.1) is 6.54 Å². The molecule has 1 aliphatic heterocycles. The second-order valence-electron chi connectivity index (χ2n) is 4.51. The lowest BCUT2D eigenvalue weighted by molar-refractivity contribution is 0.0693. The molecule has 1 aromatic rings. The zero-order chi connectivity index (χ0) is 12.4. The summed E-state index contributed by atoms with van der Waals surface area (Å²) < 4.78 is 5.86. The Morgan fingerprint density at radius 2 is 2.41 bits per heavy atom. The SMILES string of the molecule is Cc1cc(=O)n(C(=O)CN2CCCC(N)C2)o1. The number of likely N-dealkylation sites (tertiary alicyclic amines) is 1. The molecule has 1 aromatic heterocycles. The van der Waals surface area contributed by atoms with Crippen LogP contribution in [-0.4, -0.2) is 41.2 Å². The second-order valence-corrected chi connectivity index (χ2v) is 4.51. The van der Waals surface area contributed by atoms with E-state index in [-0.39, 0.29) is 18.5 Å². The summed E-state index contributed by atoms with van der Waals surface area (Å²) in [5, 5.41) is 0. The number of piperidine rings is 1. The molecule has 0 radical (unpaired) electrons. The molecule has 2 heterocycles. The van der Waals surface area contributed by atoms with Gasteiger partial charge < -0.3 is 10.3 Å². The Morgan fingerprint density at radius 1 is 1.65 bits per heavy atom. The summed E-state index contributed by atoms with van der Waals surface area (Å²) in [5.41, 5.74) is 5.42. The number of nitrogens with zero attached hydrogens (tertiary/aromatic N) is 2. The van der Waals surface area contributed by atoms with Gasteiger partial charge in [0.1, 0.15) is 5.76 Å². The molecule has 0 aromatic carbocycles. The van der Waals surface area contributed by atoms with E-state index in [0.29, 0.717) is 12.3 Å². The third-order valence-electron chi connectivity index (χ3n) is 2.89. The van der Waals surface area contributed by atoms with E-state index in [1.807, 2.05) is 4.90 Å². The summed E-state index contributed by atoms with van der Waals surface area (Å²) in [4.78, 5) is 25.2. The molecule has 1 unspecified atom stereocenters. The molecule has 6 nitrogen and oxygen atoms in total. The Labute approximate surface area is 98.9 Å². The molecule has 0 amide bonds. The Bertz CT molecular complexity index is 463. The molecular formula is C11H17N3O3. The van der Waals surface area contributed by atoms with E-state index in [1.54, 1.807) is 6.92 Å². The summed E-state index contributed by atoms with van der Waals surface area (Å²) in [6, 6.07) is 1.42. The van der Waals surface area contributed by atoms with Crippen LogP contribution in [0.25, 0.3) is 0 Å². The molecule has 0 saturated carbocycles. The van der Waals surface area contributed by atoms with Gasteiger partial charge in [0, 0.05) is 18.7 Å². The van der Waals surface area contributed by atoms with Gasteiger partial charge in [-0.25, -0.2) is 0 Å². The molecule has 1 saturated heterocycles. The summed E-state index contributed by atoms with van der Waals surface area (Å²) in [7, 11) is 0. The minimum absolute atomic E-state index is 0.117. The zero-order valence-corrected chi connectivity index (χ0v) is 9.89. The van der Waals surface area contributed by atoms with Crippen LogP contribution in [0.1, 0.15) is 23.4 Å². The highest BCUT2D eigenvalue weighted by Gasteiger charge is 2.21. The van der Waals surface area contributed by atoms with Crippen LogP contribution in [0.4, 0.5) is 0 Å². The minimum atomic E-state index is -0.409. The quantitative estimate of drug-likeness (QED) is 0.773. The average Bonchev–Trinajstić information content (AvgIpc) is 2.58. The standard InChI is InChI=1S/C11H17N3O3/c1-8-5-10(15)14(17-8)11(16)7-13-4-2-3-9(12)6-13/h5,9H,2-4,6-7,12H2,1H3. The van der Waals surface area contributed by atoms with Crippen LogP contribution in [0, 0.1) is 6.92 Å². The molecule has 1 fully saturated rings. The van der Waals surface area contributed by atoms with E-state index in [9.17, 15) is 9.59 Å². The number of carbonyl (C=O) groups excluding carboxylic acids is 1. The number of nitrogens with two attached hydrogens (primary N) is 1. The van der Waals surface area contributed by atoms with Crippen LogP contribution in [0.3, 0.4) is 0 Å². The monoisotopic (exact) mass is 239 g/mol. The van der Waals surface area contributed by atoms with Gasteiger partial charge in [-0.05, 0) is 26.3 Å². The van der Waals surface area contributed by atoms with Crippen molar-refractivity contribution in [3.05, 3.63) is 22.2 Å². The zero-order valence-electron chi connectivity index (χ0n) is 9.89. The van der Waals surface area contributed by atoms with Crippen molar-refractivity contribution in [2.45, 2.75) is 25.8 Å². The molecular weight excluding hydrogens is 222 g/mol. The van der Waals surface area contributed by atoms with Crippen LogP contribution >= 0.6 is 0 Å². The van der Waals surface area contributed by atoms with Crippen LogP contribution in [0.2, 0.25) is 0 Å². The summed E-state index contributed by atoms with van der Waals surface area (Å²) in [5.74, 6) is 0.107. The van der Waals surface area contributed by atoms with Crippen LogP contribution < -0.4 is 11.3 Å². The van der Waals surface area contributed by atoms with Crippen molar-refractivity contribution in [1.82, 2.24) is 9.64 Å². The van der Waals surface area contributed by atoms with Crippen molar-refractivity contribution < 1.29 is 9.32 Å². The Balaban J connectivity index is 2.01. The first-order valence-corrected chi connectivity index (χ1v) is 5.77. The van der Waals surface area contributed by atoms with Crippen molar-refractivity contribution >= 4 is 5.91 Å². The molecule has 1 atom stereocenters. The molecule has 0 aliphatic carbocycles. The molecule has 2 N–H and O–H groups in total. The maximum atomic E-state index is 11.8. The van der Waals surface area contributed by atoms with Crippen molar-refractivity contribution in [3.63, 3.8) is 0 Å². The highest BCUT2D eigenvalue weighted by atomic mass is 16.5. The lowest BCUT2D eigenvalue weighted by atomic mass is 10.1. The van der Waals surface area contributed by atoms with Gasteiger partial charge in [-0.15, -0.1) is 4.74 Å². The predicted octanol–water partition coefficient (Wildman–Crippen LogP) is -0.187. The third kappa shape index (κ3) is 2.83. The van der Waals surface area contributed by atoms with Crippen molar-refractivity contribution in [3.8, 4) is 0 Å². The first-order chi connectivity index (χ1) is 8.06. The van der Waals surface area contributed by atoms with E-state index >= 15 is 0 Å². The maximum absolute atomic E-state index is 11.8. The number of rotatable bonds is 2. The van der Waals surface area contributed by atoms with E-state index in [0.717, 1.165) is 24.1 Å². The first kappa shape index (κ1) is 12.1. The summed E-state index contributed by atoms with van der Waals surface area (Å²) in [6.45, 7) is 3.36. The van der Waals surface area contributed by atoms with Gasteiger partial charge in [0.25, 0.3) is 11.5 Å². The highest BCUT2D eigenvalue weighted by Crippen LogP contribution is 2.07. The van der Waals surface area contributed by atoms with Gasteiger partial charge in [0.2, 0.25) is 0 Å². The largest absolute Gasteiger partial charge is 0.373 e. The lowest BCUT2D eigenvalue weighted by Gasteiger charge is -2.29. The number of hydrogen-bond acceptors (Lipinski definition) is 5. The van der Waals surface area contributed by atoms with E-state index in [4.69, 9.17) is 10.3 Å². The number of aryl methyl sites for hydroxylation is 1. The molecule has 0 spiro atoms. The minimum Gasteiger partial charge on any atom is -0.373 e. The molecule has 6 heteroatoms. The summed E-state index contributed by atoms with van der Waals surface area (Å²) in [6.07, 6.45) is 1.98. The molecule has 0 bridgehead atoms. The van der Waals surface area contributed by atoms with E-state index < -0.39 is 5.56 Å². The fourth-order valence-corrected chi connectivity index (χ4v) is 2.11. The van der Waals surface area contributed by atoms with Crippen LogP contribution in [0.5, 0.6) is 0 Å². The van der Waals surface area contributed by atoms with Crippen molar-refractivity contribution in [1.29, 1.82) is 0 Å². The Kier molecular flexibility index (Phi) is 3.44. The predicted molar refractivity (Wildman–Crippen MR) is 62.0 cm³/mol. The number of aromatic nitrogens is 1. The molecule has 17 heavy (non-hydrogen) atoms. The van der Waals surface area contributed by atoms with E-state index in [2.05, 4.69) is 0 Å². The van der Waals surface area contributed by atoms with Gasteiger partial charge in [-0.3, -0.25) is 14.5 Å². The van der Waals surface area contributed by atoms with Gasteiger partial charge >= 0.3 is 0 Å². The number of hydrogen-bond donors (Lipinski definition) is 1. The first-order valence-electron chi connectivity index (χ1n) is 5.77. The molecule has 2 rings (SSSR count). The fraction of sp³-hybridized carbons (Fsp3) is 0.636. The highest BCUT2D eigenvalue weighted by molar-refractivity contribution is 5.79. The Hall–Kier alpha value is -1.40. The van der Waals surface area contributed by atoms with Gasteiger partial charge in [0.15, 0.2) is 0 Å². The van der Waals surface area contributed by atoms with Crippen molar-refractivity contribution in [2.75, 3.05) is 19.6 Å². The Morgan fingerprint density at radius 3 is 3.00 bits per heavy atom. The van der Waals surface area contributed by atoms with Gasteiger partial charge in [-0.1, -0.05) is 0 Å². The average molecular weight is 239 g/mol.